The quantitative estimate of drug-likeness (QED) is 0.519. The lowest BCUT2D eigenvalue weighted by Gasteiger charge is -2.15. The first kappa shape index (κ1) is 11.3. The van der Waals surface area contributed by atoms with Crippen LogP contribution >= 0.6 is 9.39 Å². The normalized spacial score (nSPS) is 10.6. The van der Waals surface area contributed by atoms with Crippen LogP contribution in [0.5, 0.6) is 11.5 Å². The van der Waals surface area contributed by atoms with Gasteiger partial charge in [0, 0.05) is 12.1 Å². The first-order valence-corrected chi connectivity index (χ1v) is 5.02. The largest absolute Gasteiger partial charge is 0.507 e. The van der Waals surface area contributed by atoms with Crippen LogP contribution in [0.4, 0.5) is 0 Å². The molecule has 0 radical (unpaired) electrons. The zero-order valence-electron chi connectivity index (χ0n) is 8.68. The minimum atomic E-state index is 0.271. The molecule has 0 aliphatic rings. The van der Waals surface area contributed by atoms with Crippen molar-refractivity contribution in [3.05, 3.63) is 22.3 Å². The van der Waals surface area contributed by atoms with Crippen LogP contribution in [-0.4, -0.2) is 10.2 Å². The zero-order valence-corrected chi connectivity index (χ0v) is 9.83. The van der Waals surface area contributed by atoms with E-state index in [0.717, 1.165) is 22.3 Å². The Bertz CT molecular complexity index is 335. The molecule has 0 saturated carbocycles. The van der Waals surface area contributed by atoms with Gasteiger partial charge >= 0.3 is 0 Å². The van der Waals surface area contributed by atoms with Gasteiger partial charge in [0.2, 0.25) is 0 Å². The third kappa shape index (κ3) is 1.70. The highest BCUT2D eigenvalue weighted by atomic mass is 31.0. The molecule has 0 heterocycles. The fraction of sp³-hybridized carbons (Fsp3) is 0.400. The second kappa shape index (κ2) is 4.16. The van der Waals surface area contributed by atoms with Crippen LogP contribution in [0.25, 0.3) is 0 Å². The van der Waals surface area contributed by atoms with Gasteiger partial charge in [0.05, 0.1) is 0 Å². The predicted molar refractivity (Wildman–Crippen MR) is 60.5 cm³/mol. The fourth-order valence-electron chi connectivity index (χ4n) is 1.50. The first-order chi connectivity index (χ1) is 6.50. The number of aromatic hydroxyl groups is 2. The first-order valence-electron chi connectivity index (χ1n) is 4.44. The minimum Gasteiger partial charge on any atom is -0.507 e. The summed E-state index contributed by atoms with van der Waals surface area (Å²) in [6.07, 6.45) is 0. The highest BCUT2D eigenvalue weighted by molar-refractivity contribution is 7.13. The van der Waals surface area contributed by atoms with Gasteiger partial charge in [-0.25, -0.2) is 0 Å². The Kier molecular flexibility index (Phi) is 3.35. The summed E-state index contributed by atoms with van der Waals surface area (Å²) in [4.78, 5) is 0. The highest BCUT2D eigenvalue weighted by Crippen LogP contribution is 2.35. The molecule has 3 nitrogen and oxygen atoms in total. The molecule has 1 aromatic rings. The van der Waals surface area contributed by atoms with E-state index in [1.807, 2.05) is 0 Å². The standard InChI is InChI=1S/C10H16NO2P/c1-5-6(2)10(13)8(4-11-14)7(3)9(5)12/h11-13H,4,14H2,1-3H3. The van der Waals surface area contributed by atoms with E-state index in [2.05, 4.69) is 14.5 Å². The van der Waals surface area contributed by atoms with E-state index < -0.39 is 0 Å². The Morgan fingerprint density at radius 3 is 2.00 bits per heavy atom. The van der Waals surface area contributed by atoms with Crippen molar-refractivity contribution in [2.45, 2.75) is 27.3 Å². The topological polar surface area (TPSA) is 52.5 Å². The van der Waals surface area contributed by atoms with Gasteiger partial charge in [0.25, 0.3) is 0 Å². The van der Waals surface area contributed by atoms with Crippen LogP contribution in [0.2, 0.25) is 0 Å². The van der Waals surface area contributed by atoms with Crippen molar-refractivity contribution in [1.29, 1.82) is 0 Å². The van der Waals surface area contributed by atoms with Crippen molar-refractivity contribution >= 4 is 9.39 Å². The number of phenols is 2. The Morgan fingerprint density at radius 2 is 1.50 bits per heavy atom. The maximum Gasteiger partial charge on any atom is 0.123 e. The molecule has 1 unspecified atom stereocenters. The van der Waals surface area contributed by atoms with E-state index in [9.17, 15) is 10.2 Å². The lowest BCUT2D eigenvalue weighted by molar-refractivity contribution is 0.443. The van der Waals surface area contributed by atoms with Gasteiger partial charge in [-0.05, 0) is 37.5 Å². The molecule has 0 fully saturated rings. The summed E-state index contributed by atoms with van der Waals surface area (Å²) < 4.78 is 0. The predicted octanol–water partition coefficient (Wildman–Crippen LogP) is 1.90. The van der Waals surface area contributed by atoms with Crippen molar-refractivity contribution in [1.82, 2.24) is 5.09 Å². The van der Waals surface area contributed by atoms with Gasteiger partial charge in [-0.2, -0.15) is 0 Å². The second-order valence-corrected chi connectivity index (χ2v) is 3.84. The van der Waals surface area contributed by atoms with Gasteiger partial charge in [0.15, 0.2) is 0 Å². The number of rotatable bonds is 2. The van der Waals surface area contributed by atoms with Crippen LogP contribution in [0, 0.1) is 20.8 Å². The molecule has 1 atom stereocenters. The Morgan fingerprint density at radius 1 is 1.00 bits per heavy atom. The molecule has 1 aromatic carbocycles. The Labute approximate surface area is 86.4 Å². The lowest BCUT2D eigenvalue weighted by Crippen LogP contribution is -2.03. The maximum absolute atomic E-state index is 9.85. The molecule has 0 bridgehead atoms. The number of hydrogen-bond donors (Lipinski definition) is 3. The van der Waals surface area contributed by atoms with Crippen molar-refractivity contribution in [3.8, 4) is 11.5 Å². The molecule has 0 aliphatic carbocycles. The van der Waals surface area contributed by atoms with Crippen LogP contribution in [0.3, 0.4) is 0 Å². The van der Waals surface area contributed by atoms with Crippen molar-refractivity contribution < 1.29 is 10.2 Å². The summed E-state index contributed by atoms with van der Waals surface area (Å²) in [6, 6.07) is 0. The van der Waals surface area contributed by atoms with Gasteiger partial charge in [-0.1, -0.05) is 9.39 Å². The summed E-state index contributed by atoms with van der Waals surface area (Å²) in [5.74, 6) is 0.545. The molecule has 4 heteroatoms. The molecule has 3 N–H and O–H groups in total. The third-order valence-electron chi connectivity index (χ3n) is 2.65. The van der Waals surface area contributed by atoms with Crippen LogP contribution in [-0.2, 0) is 6.54 Å². The molecular weight excluding hydrogens is 197 g/mol. The SMILES string of the molecule is Cc1c(C)c(O)c(CNP)c(C)c1O. The summed E-state index contributed by atoms with van der Waals surface area (Å²) >= 11 is 0. The zero-order chi connectivity index (χ0) is 10.9. The lowest BCUT2D eigenvalue weighted by atomic mass is 9.97. The summed E-state index contributed by atoms with van der Waals surface area (Å²) in [5.41, 5.74) is 2.97. The van der Waals surface area contributed by atoms with E-state index in [1.165, 1.54) is 0 Å². The average Bonchev–Trinajstić information content (AvgIpc) is 2.19. The molecule has 1 rings (SSSR count). The summed E-state index contributed by atoms with van der Waals surface area (Å²) in [5, 5.41) is 22.5. The van der Waals surface area contributed by atoms with Crippen molar-refractivity contribution in [3.63, 3.8) is 0 Å². The van der Waals surface area contributed by atoms with Crippen LogP contribution < -0.4 is 5.09 Å². The molecule has 0 aliphatic heterocycles. The van der Waals surface area contributed by atoms with Crippen molar-refractivity contribution in [2.75, 3.05) is 0 Å². The average molecular weight is 213 g/mol. The van der Waals surface area contributed by atoms with E-state index >= 15 is 0 Å². The molecule has 0 spiro atoms. The molecule has 0 aromatic heterocycles. The molecule has 14 heavy (non-hydrogen) atoms. The number of hydrogen-bond acceptors (Lipinski definition) is 3. The Balaban J connectivity index is 3.43. The van der Waals surface area contributed by atoms with E-state index in [0.29, 0.717) is 6.54 Å². The second-order valence-electron chi connectivity index (χ2n) is 3.43. The van der Waals surface area contributed by atoms with E-state index in [-0.39, 0.29) is 11.5 Å². The van der Waals surface area contributed by atoms with Gasteiger partial charge < -0.3 is 10.2 Å². The van der Waals surface area contributed by atoms with Crippen molar-refractivity contribution in [2.24, 2.45) is 0 Å². The van der Waals surface area contributed by atoms with Crippen LogP contribution in [0.1, 0.15) is 22.3 Å². The fourth-order valence-corrected chi connectivity index (χ4v) is 1.71. The molecule has 78 valence electrons. The monoisotopic (exact) mass is 213 g/mol. The smallest absolute Gasteiger partial charge is 0.123 e. The highest BCUT2D eigenvalue weighted by Gasteiger charge is 2.15. The third-order valence-corrected chi connectivity index (χ3v) is 2.85. The van der Waals surface area contributed by atoms with Gasteiger partial charge in [-0.15, -0.1) is 0 Å². The number of benzene rings is 1. The number of phenolic OH excluding ortho intramolecular Hbond substituents is 2. The molecule has 0 amide bonds. The van der Waals surface area contributed by atoms with E-state index in [4.69, 9.17) is 0 Å². The summed E-state index contributed by atoms with van der Waals surface area (Å²) in [7, 11) is 2.37. The van der Waals surface area contributed by atoms with Crippen LogP contribution in [0.15, 0.2) is 0 Å². The maximum atomic E-state index is 9.85. The minimum absolute atomic E-state index is 0.271. The number of nitrogens with one attached hydrogen (secondary N) is 1. The molecule has 0 saturated heterocycles. The Hall–Kier alpha value is -0.790. The molecular formula is C10H16NO2P. The van der Waals surface area contributed by atoms with Gasteiger partial charge in [-0.3, -0.25) is 5.09 Å². The van der Waals surface area contributed by atoms with Gasteiger partial charge in [0.1, 0.15) is 11.5 Å². The van der Waals surface area contributed by atoms with E-state index in [1.54, 1.807) is 20.8 Å². The summed E-state index contributed by atoms with van der Waals surface area (Å²) in [6.45, 7) is 5.93.